The fourth-order valence-electron chi connectivity index (χ4n) is 1.61. The zero-order valence-corrected chi connectivity index (χ0v) is 11.3. The lowest BCUT2D eigenvalue weighted by Gasteiger charge is -2.31. The molecule has 1 atom stereocenters. The van der Waals surface area contributed by atoms with Crippen molar-refractivity contribution in [2.24, 2.45) is 11.1 Å². The van der Waals surface area contributed by atoms with Crippen LogP contribution in [0.25, 0.3) is 0 Å². The summed E-state index contributed by atoms with van der Waals surface area (Å²) in [7, 11) is 0. The highest BCUT2D eigenvalue weighted by Gasteiger charge is 2.26. The Hall–Kier alpha value is -0.320. The molecule has 0 aliphatic heterocycles. The Morgan fingerprint density at radius 1 is 1.44 bits per heavy atom. The van der Waals surface area contributed by atoms with Gasteiger partial charge in [-0.3, -0.25) is 4.79 Å². The average Bonchev–Trinajstić information content (AvgIpc) is 2.23. The molecule has 0 heterocycles. The van der Waals surface area contributed by atoms with Crippen LogP contribution in [-0.2, 0) is 4.79 Å². The topological polar surface area (TPSA) is 75.3 Å². The lowest BCUT2D eigenvalue weighted by molar-refractivity contribution is -0.122. The third kappa shape index (κ3) is 5.68. The maximum absolute atomic E-state index is 11.3. The minimum absolute atomic E-state index is 0. The highest BCUT2D eigenvalue weighted by Crippen LogP contribution is 2.29. The number of nitrogens with one attached hydrogen (secondary N) is 1. The molecule has 4 nitrogen and oxygen atoms in total. The van der Waals surface area contributed by atoms with Gasteiger partial charge in [-0.15, -0.1) is 12.4 Å². The summed E-state index contributed by atoms with van der Waals surface area (Å²) in [4.78, 5) is 11.3. The van der Waals surface area contributed by atoms with Crippen molar-refractivity contribution in [2.45, 2.75) is 46.1 Å². The predicted molar refractivity (Wildman–Crippen MR) is 68.6 cm³/mol. The van der Waals surface area contributed by atoms with Gasteiger partial charge in [0.05, 0.1) is 6.04 Å². The molecule has 0 fully saturated rings. The Morgan fingerprint density at radius 3 is 2.25 bits per heavy atom. The van der Waals surface area contributed by atoms with Crippen molar-refractivity contribution < 1.29 is 9.90 Å². The molecular formula is C11H25ClN2O2. The molecule has 0 rings (SSSR count). The van der Waals surface area contributed by atoms with Crippen molar-refractivity contribution in [3.8, 4) is 0 Å². The molecule has 0 aliphatic rings. The fraction of sp³-hybridized carbons (Fsp3) is 0.909. The van der Waals surface area contributed by atoms with Gasteiger partial charge in [0.1, 0.15) is 0 Å². The van der Waals surface area contributed by atoms with Gasteiger partial charge in [0.25, 0.3) is 0 Å². The van der Waals surface area contributed by atoms with E-state index in [0.29, 0.717) is 6.54 Å². The second kappa shape index (κ2) is 8.79. The Kier molecular flexibility index (Phi) is 9.92. The summed E-state index contributed by atoms with van der Waals surface area (Å²) in [6.07, 6.45) is 2.62. The van der Waals surface area contributed by atoms with Gasteiger partial charge in [0.2, 0.25) is 5.91 Å². The summed E-state index contributed by atoms with van der Waals surface area (Å²) < 4.78 is 0. The summed E-state index contributed by atoms with van der Waals surface area (Å²) >= 11 is 0. The summed E-state index contributed by atoms with van der Waals surface area (Å²) in [6, 6.07) is -0.467. The second-order valence-corrected chi connectivity index (χ2v) is 4.19. The molecule has 0 saturated heterocycles. The van der Waals surface area contributed by atoms with Crippen LogP contribution in [0.3, 0.4) is 0 Å². The Morgan fingerprint density at radius 2 is 1.94 bits per heavy atom. The standard InChI is InChI=1S/C11H24N2O2.ClH/c1-4-11(5-2,6-7-14)8-13-10(15)9(3)12;/h9,14H,4-8,12H2,1-3H3,(H,13,15);1H/t9-;/m0./s1. The molecule has 5 heteroatoms. The van der Waals surface area contributed by atoms with E-state index in [4.69, 9.17) is 10.8 Å². The number of rotatable bonds is 7. The van der Waals surface area contributed by atoms with Crippen LogP contribution in [-0.4, -0.2) is 30.2 Å². The van der Waals surface area contributed by atoms with Gasteiger partial charge in [-0.25, -0.2) is 0 Å². The number of halogens is 1. The van der Waals surface area contributed by atoms with Crippen LogP contribution < -0.4 is 11.1 Å². The number of carbonyl (C=O) groups is 1. The second-order valence-electron chi connectivity index (χ2n) is 4.19. The Bertz CT molecular complexity index is 194. The molecular weight excluding hydrogens is 228 g/mol. The zero-order chi connectivity index (χ0) is 11.9. The molecule has 98 valence electrons. The first-order valence-electron chi connectivity index (χ1n) is 5.65. The number of amides is 1. The van der Waals surface area contributed by atoms with E-state index in [9.17, 15) is 4.79 Å². The molecule has 4 N–H and O–H groups in total. The molecule has 0 aromatic heterocycles. The number of hydrogen-bond donors (Lipinski definition) is 3. The van der Waals surface area contributed by atoms with E-state index in [-0.39, 0.29) is 30.3 Å². The lowest BCUT2D eigenvalue weighted by atomic mass is 9.79. The van der Waals surface area contributed by atoms with Crippen molar-refractivity contribution in [3.63, 3.8) is 0 Å². The van der Waals surface area contributed by atoms with Crippen LogP contribution >= 0.6 is 12.4 Å². The minimum Gasteiger partial charge on any atom is -0.396 e. The van der Waals surface area contributed by atoms with Crippen LogP contribution in [0.15, 0.2) is 0 Å². The SMILES string of the molecule is CCC(CC)(CCO)CNC(=O)[C@H](C)N.Cl. The summed E-state index contributed by atoms with van der Waals surface area (Å²) in [5.74, 6) is -0.126. The van der Waals surface area contributed by atoms with E-state index in [1.54, 1.807) is 6.92 Å². The largest absolute Gasteiger partial charge is 0.396 e. The number of hydrogen-bond acceptors (Lipinski definition) is 3. The molecule has 0 radical (unpaired) electrons. The molecule has 16 heavy (non-hydrogen) atoms. The quantitative estimate of drug-likeness (QED) is 0.634. The van der Waals surface area contributed by atoms with E-state index >= 15 is 0 Å². The predicted octanol–water partition coefficient (Wildman–Crippen LogP) is 1.06. The van der Waals surface area contributed by atoms with E-state index in [1.165, 1.54) is 0 Å². The van der Waals surface area contributed by atoms with Gasteiger partial charge in [-0.2, -0.15) is 0 Å². The van der Waals surface area contributed by atoms with E-state index in [2.05, 4.69) is 19.2 Å². The summed E-state index contributed by atoms with van der Waals surface area (Å²) in [5.41, 5.74) is 5.47. The van der Waals surface area contributed by atoms with Crippen LogP contribution in [0.1, 0.15) is 40.0 Å². The van der Waals surface area contributed by atoms with E-state index < -0.39 is 6.04 Å². The number of aliphatic hydroxyl groups is 1. The first-order chi connectivity index (χ1) is 7.01. The van der Waals surface area contributed by atoms with Gasteiger partial charge in [-0.05, 0) is 31.6 Å². The average molecular weight is 253 g/mol. The van der Waals surface area contributed by atoms with Gasteiger partial charge in [0.15, 0.2) is 0 Å². The molecule has 0 unspecified atom stereocenters. The normalized spacial score (nSPS) is 12.8. The number of carbonyl (C=O) groups excluding carboxylic acids is 1. The van der Waals surface area contributed by atoms with E-state index in [1.807, 2.05) is 0 Å². The maximum Gasteiger partial charge on any atom is 0.236 e. The molecule has 0 bridgehead atoms. The lowest BCUT2D eigenvalue weighted by Crippen LogP contribution is -2.44. The number of aliphatic hydroxyl groups excluding tert-OH is 1. The zero-order valence-electron chi connectivity index (χ0n) is 10.5. The van der Waals surface area contributed by atoms with Crippen LogP contribution in [0.5, 0.6) is 0 Å². The molecule has 0 spiro atoms. The molecule has 0 aromatic carbocycles. The summed E-state index contributed by atoms with van der Waals surface area (Å²) in [5, 5.41) is 11.8. The first-order valence-corrected chi connectivity index (χ1v) is 5.65. The molecule has 0 saturated carbocycles. The maximum atomic E-state index is 11.3. The van der Waals surface area contributed by atoms with Crippen LogP contribution in [0, 0.1) is 5.41 Å². The molecule has 0 aliphatic carbocycles. The number of nitrogens with two attached hydrogens (primary N) is 1. The smallest absolute Gasteiger partial charge is 0.236 e. The van der Waals surface area contributed by atoms with Crippen LogP contribution in [0.2, 0.25) is 0 Å². The third-order valence-corrected chi connectivity index (χ3v) is 3.19. The molecule has 1 amide bonds. The Balaban J connectivity index is 0. The highest BCUT2D eigenvalue weighted by molar-refractivity contribution is 5.85. The van der Waals surface area contributed by atoms with Crippen molar-refractivity contribution in [3.05, 3.63) is 0 Å². The first kappa shape index (κ1) is 18.1. The van der Waals surface area contributed by atoms with E-state index in [0.717, 1.165) is 19.3 Å². The fourth-order valence-corrected chi connectivity index (χ4v) is 1.61. The Labute approximate surface area is 104 Å². The highest BCUT2D eigenvalue weighted by atomic mass is 35.5. The van der Waals surface area contributed by atoms with Crippen molar-refractivity contribution in [2.75, 3.05) is 13.2 Å². The molecule has 0 aromatic rings. The van der Waals surface area contributed by atoms with Gasteiger partial charge in [0, 0.05) is 13.2 Å². The van der Waals surface area contributed by atoms with Gasteiger partial charge in [-0.1, -0.05) is 13.8 Å². The van der Waals surface area contributed by atoms with Crippen molar-refractivity contribution in [1.82, 2.24) is 5.32 Å². The monoisotopic (exact) mass is 252 g/mol. The van der Waals surface area contributed by atoms with Gasteiger partial charge >= 0.3 is 0 Å². The summed E-state index contributed by atoms with van der Waals surface area (Å²) in [6.45, 7) is 6.59. The van der Waals surface area contributed by atoms with Gasteiger partial charge < -0.3 is 16.2 Å². The van der Waals surface area contributed by atoms with Crippen molar-refractivity contribution in [1.29, 1.82) is 0 Å². The minimum atomic E-state index is -0.467. The van der Waals surface area contributed by atoms with Crippen molar-refractivity contribution >= 4 is 18.3 Å². The third-order valence-electron chi connectivity index (χ3n) is 3.19. The van der Waals surface area contributed by atoms with Crippen LogP contribution in [0.4, 0.5) is 0 Å².